The Morgan fingerprint density at radius 2 is 0.469 bits per heavy atom. The number of benzene rings is 10. The molecule has 0 amide bonds. The van der Waals surface area contributed by atoms with E-state index in [-0.39, 0.29) is 53.0 Å². The second-order valence-corrected chi connectivity index (χ2v) is 24.9. The number of aryl methyl sites for hydroxylation is 9. The highest BCUT2D eigenvalue weighted by atomic mass is 19.3. The van der Waals surface area contributed by atoms with Crippen molar-refractivity contribution in [3.63, 3.8) is 0 Å². The fourth-order valence-electron chi connectivity index (χ4n) is 10.7. The van der Waals surface area contributed by atoms with Crippen molar-refractivity contribution in [2.24, 2.45) is 0 Å². The molecule has 0 N–H and O–H groups in total. The molecule has 5 nitrogen and oxygen atoms in total. The van der Waals surface area contributed by atoms with Crippen LogP contribution in [-0.2, 0) is 94.8 Å². The van der Waals surface area contributed by atoms with Gasteiger partial charge in [-0.3, -0.25) is 0 Å². The molecule has 0 aliphatic rings. The Bertz CT molecular complexity index is 4720. The predicted octanol–water partition coefficient (Wildman–Crippen LogP) is 26.5. The zero-order valence-corrected chi connectivity index (χ0v) is 62.4. The van der Waals surface area contributed by atoms with Crippen molar-refractivity contribution >= 4 is 0 Å². The van der Waals surface area contributed by atoms with Gasteiger partial charge in [-0.05, 0) is 217 Å². The Morgan fingerprint density at radius 3 is 0.770 bits per heavy atom. The summed E-state index contributed by atoms with van der Waals surface area (Å²) >= 11 is 0. The molecule has 113 heavy (non-hydrogen) atoms. The number of ether oxygens (including phenoxy) is 5. The van der Waals surface area contributed by atoms with E-state index in [0.29, 0.717) is 66.5 Å². The molecule has 0 unspecified atom stereocenters. The lowest BCUT2D eigenvalue weighted by atomic mass is 10.1. The van der Waals surface area contributed by atoms with Gasteiger partial charge in [0.1, 0.15) is 115 Å². The first-order valence-electron chi connectivity index (χ1n) is 35.4. The molecule has 28 heteroatoms. The van der Waals surface area contributed by atoms with Gasteiger partial charge in [0.15, 0.2) is 11.6 Å². The Morgan fingerprint density at radius 1 is 0.204 bits per heavy atom. The molecule has 10 aromatic rings. The summed E-state index contributed by atoms with van der Waals surface area (Å²) in [7, 11) is 0. The molecule has 0 spiro atoms. The summed E-state index contributed by atoms with van der Waals surface area (Å²) in [6.07, 6.45) is -16.6. The van der Waals surface area contributed by atoms with Gasteiger partial charge in [-0.2, -0.15) is 43.9 Å². The molecular formula is C85H77F23O5. The number of rotatable bonds is 25. The summed E-state index contributed by atoms with van der Waals surface area (Å²) in [6, 6.07) is 30.3. The summed E-state index contributed by atoms with van der Waals surface area (Å²) in [5, 5.41) is 0. The van der Waals surface area contributed by atoms with Crippen LogP contribution in [0.15, 0.2) is 164 Å². The number of hydrogen-bond acceptors (Lipinski definition) is 5. The number of halogens is 23. The maximum Gasteiger partial charge on any atom is 0.432 e. The van der Waals surface area contributed by atoms with Gasteiger partial charge in [0, 0.05) is 23.8 Å². The van der Waals surface area contributed by atoms with Gasteiger partial charge in [0.05, 0.1) is 5.56 Å². The van der Waals surface area contributed by atoms with Crippen LogP contribution >= 0.6 is 0 Å². The summed E-state index contributed by atoms with van der Waals surface area (Å²) in [5.74, 6) is -18.4. The van der Waals surface area contributed by atoms with Crippen LogP contribution in [0, 0.1) is 75.6 Å². The van der Waals surface area contributed by atoms with Crippen molar-refractivity contribution in [3.8, 4) is 28.7 Å². The van der Waals surface area contributed by atoms with E-state index in [1.54, 1.807) is 65.8 Å². The Kier molecular flexibility index (Phi) is 32.3. The maximum absolute atomic E-state index is 14.1. The minimum atomic E-state index is -4.44. The monoisotopic (exact) mass is 1610 g/mol. The van der Waals surface area contributed by atoms with Crippen molar-refractivity contribution < 1.29 is 125 Å². The molecule has 0 saturated carbocycles. The predicted molar refractivity (Wildman–Crippen MR) is 380 cm³/mol. The quantitative estimate of drug-likeness (QED) is 0.0534. The van der Waals surface area contributed by atoms with E-state index in [9.17, 15) is 101 Å². The molecular weight excluding hydrogens is 1540 g/mol. The van der Waals surface area contributed by atoms with Gasteiger partial charge in [-0.25, -0.2) is 57.1 Å². The van der Waals surface area contributed by atoms with Crippen LogP contribution in [0.25, 0.3) is 0 Å². The van der Waals surface area contributed by atoms with Crippen molar-refractivity contribution in [2.45, 2.75) is 164 Å². The van der Waals surface area contributed by atoms with Gasteiger partial charge in [-0.15, -0.1) is 0 Å². The van der Waals surface area contributed by atoms with E-state index < -0.39 is 151 Å². The molecule has 0 aromatic heterocycles. The van der Waals surface area contributed by atoms with Gasteiger partial charge in [0.25, 0.3) is 0 Å². The zero-order chi connectivity index (χ0) is 84.3. The van der Waals surface area contributed by atoms with E-state index in [1.165, 1.54) is 49.4 Å². The van der Waals surface area contributed by atoms with Gasteiger partial charge >= 0.3 is 30.5 Å². The van der Waals surface area contributed by atoms with Crippen molar-refractivity contribution in [1.29, 1.82) is 0 Å². The van der Waals surface area contributed by atoms with Crippen molar-refractivity contribution in [2.75, 3.05) is 0 Å². The standard InChI is InChI=1S/C17H14F6O.2C17H15F5O.C17H16F4O.C17H17F3O/c1-3-9-5-14(20)16(15(21)6-9)17(22,23)24-10-7-12(18)11(4-2)13(19)8-10;1-3-10-7-14(19)16(15(20)8-10)17(21,22)23-12-6-5-11(4-2)13(18)9-12;1-3-10-5-6-15(12(18)7-10)23-17(21,22)16-13(19)8-11(4-2)9-14(16)20;1-3-11-5-7-13(8-6-11)22-17(20,21)16-14(18)9-12(4-2)10-15(16)19;1-3-12-5-8-14(9-6-12)21-17(19,20)15-10-7-13(4-2)11-16(15)18/h5-8H,3-4H2,1-2H3;2*5-9H,3-4H2,1-2H3;5-10H,3-4H2,1-2H3;5-11H,3-4H2,1-2H3. The Labute approximate surface area is 637 Å². The van der Waals surface area contributed by atoms with Crippen molar-refractivity contribution in [1.82, 2.24) is 0 Å². The first-order chi connectivity index (χ1) is 53.1. The minimum absolute atomic E-state index is 0.01000. The topological polar surface area (TPSA) is 46.2 Å². The molecule has 0 radical (unpaired) electrons. The molecule has 0 fully saturated rings. The van der Waals surface area contributed by atoms with Crippen LogP contribution < -0.4 is 23.7 Å². The van der Waals surface area contributed by atoms with E-state index >= 15 is 0 Å². The fourth-order valence-corrected chi connectivity index (χ4v) is 10.7. The van der Waals surface area contributed by atoms with Gasteiger partial charge < -0.3 is 23.7 Å². The van der Waals surface area contributed by atoms with Gasteiger partial charge in [-0.1, -0.05) is 112 Å². The smallest absolute Gasteiger partial charge is 0.429 e. The minimum Gasteiger partial charge on any atom is -0.429 e. The normalized spacial score (nSPS) is 11.6. The first kappa shape index (κ1) is 91.5. The van der Waals surface area contributed by atoms with E-state index in [0.717, 1.165) is 109 Å². The third kappa shape index (κ3) is 24.3. The van der Waals surface area contributed by atoms with E-state index in [1.807, 2.05) is 20.8 Å². The second-order valence-electron chi connectivity index (χ2n) is 24.9. The van der Waals surface area contributed by atoms with E-state index in [4.69, 9.17) is 0 Å². The summed E-state index contributed by atoms with van der Waals surface area (Å²) in [5.41, 5.74) is -2.54. The Balaban J connectivity index is 0.000000220. The molecule has 608 valence electrons. The molecule has 0 saturated heterocycles. The lowest BCUT2D eigenvalue weighted by Gasteiger charge is -2.20. The molecule has 0 aliphatic heterocycles. The van der Waals surface area contributed by atoms with E-state index in [2.05, 4.69) is 23.7 Å². The van der Waals surface area contributed by atoms with Crippen LogP contribution in [0.5, 0.6) is 28.7 Å². The van der Waals surface area contributed by atoms with Crippen LogP contribution in [-0.4, -0.2) is 0 Å². The average molecular weight is 1620 g/mol. The lowest BCUT2D eigenvalue weighted by molar-refractivity contribution is -0.191. The summed E-state index contributed by atoms with van der Waals surface area (Å²) < 4.78 is 342. The molecule has 10 aromatic carbocycles. The van der Waals surface area contributed by atoms with Crippen LogP contribution in [0.2, 0.25) is 0 Å². The second kappa shape index (κ2) is 39.9. The van der Waals surface area contributed by atoms with Crippen molar-refractivity contribution in [3.05, 3.63) is 323 Å². The zero-order valence-electron chi connectivity index (χ0n) is 62.4. The SMILES string of the molecule is CCc1cc(F)c(C(F)(F)Oc2cc(F)c(CC)c(F)c2)c(F)c1.CCc1cc(F)c(C(F)(F)Oc2ccc(CC)c(F)c2)c(F)c1.CCc1ccc(OC(F)(F)c2c(F)cc(CC)cc2F)c(F)c1.CCc1ccc(OC(F)(F)c2c(F)cc(CC)cc2F)cc1.CCc1ccc(OC(F)(F)c2ccc(CC)cc2F)cc1. The van der Waals surface area contributed by atoms with Gasteiger partial charge in [0.2, 0.25) is 0 Å². The largest absolute Gasteiger partial charge is 0.432 e. The summed E-state index contributed by atoms with van der Waals surface area (Å²) in [6.45, 7) is 17.2. The average Bonchev–Trinajstić information content (AvgIpc) is 0.700. The fraction of sp³-hybridized carbons (Fsp3) is 0.294. The van der Waals surface area contributed by atoms with Crippen LogP contribution in [0.3, 0.4) is 0 Å². The third-order valence-electron chi connectivity index (χ3n) is 17.1. The highest BCUT2D eigenvalue weighted by Gasteiger charge is 2.45. The molecule has 0 heterocycles. The molecule has 0 bridgehead atoms. The van der Waals surface area contributed by atoms with Crippen LogP contribution in [0.1, 0.15) is 153 Å². The first-order valence-corrected chi connectivity index (χ1v) is 35.4. The lowest BCUT2D eigenvalue weighted by Crippen LogP contribution is -2.26. The third-order valence-corrected chi connectivity index (χ3v) is 17.1. The Hall–Kier alpha value is -10.4. The molecule has 0 aliphatic carbocycles. The molecule has 10 rings (SSSR count). The number of alkyl halides is 10. The maximum atomic E-state index is 14.1. The highest BCUT2D eigenvalue weighted by molar-refractivity contribution is 5.39. The van der Waals surface area contributed by atoms with Crippen LogP contribution in [0.4, 0.5) is 101 Å². The highest BCUT2D eigenvalue weighted by Crippen LogP contribution is 2.42. The number of hydrogen-bond donors (Lipinski definition) is 0. The molecule has 0 atom stereocenters. The summed E-state index contributed by atoms with van der Waals surface area (Å²) in [4.78, 5) is 0.